The van der Waals surface area contributed by atoms with E-state index in [2.05, 4.69) is 10.5 Å². The first-order chi connectivity index (χ1) is 10.4. The van der Waals surface area contributed by atoms with Gasteiger partial charge in [0.15, 0.2) is 6.61 Å². The Labute approximate surface area is 134 Å². The lowest BCUT2D eigenvalue weighted by molar-refractivity contribution is -0.145. The first-order valence-corrected chi connectivity index (χ1v) is 7.19. The molecule has 1 aromatic rings. The van der Waals surface area contributed by atoms with Crippen LogP contribution in [0.2, 0.25) is 5.02 Å². The van der Waals surface area contributed by atoms with E-state index in [1.807, 2.05) is 0 Å². The topological polar surface area (TPSA) is 77.0 Å². The van der Waals surface area contributed by atoms with E-state index >= 15 is 0 Å². The molecule has 1 rings (SSSR count). The Morgan fingerprint density at radius 1 is 1.32 bits per heavy atom. The average molecular weight is 327 g/mol. The largest absolute Gasteiger partial charge is 0.484 e. The summed E-state index contributed by atoms with van der Waals surface area (Å²) in [5.74, 6) is -0.793. The van der Waals surface area contributed by atoms with Crippen molar-refractivity contribution < 1.29 is 19.1 Å². The first kappa shape index (κ1) is 18.0. The summed E-state index contributed by atoms with van der Waals surface area (Å²) in [5.41, 5.74) is 2.79. The molecule has 120 valence electrons. The Balaban J connectivity index is 2.42. The smallest absolute Gasteiger partial charge is 0.314 e. The fraction of sp³-hybridized carbons (Fsp3) is 0.400. The Bertz CT molecular complexity index is 543. The minimum absolute atomic E-state index is 0.188. The Hall–Kier alpha value is -2.08. The van der Waals surface area contributed by atoms with Crippen LogP contribution >= 0.6 is 11.6 Å². The summed E-state index contributed by atoms with van der Waals surface area (Å²) in [5, 5.41) is 4.46. The highest BCUT2D eigenvalue weighted by Gasteiger charge is 2.17. The van der Waals surface area contributed by atoms with Gasteiger partial charge in [0.25, 0.3) is 5.91 Å². The van der Waals surface area contributed by atoms with Crippen LogP contribution in [0.1, 0.15) is 20.8 Å². The molecule has 1 amide bonds. The van der Waals surface area contributed by atoms with Gasteiger partial charge in [0, 0.05) is 10.7 Å². The van der Waals surface area contributed by atoms with Gasteiger partial charge in [-0.05, 0) is 45.0 Å². The number of amides is 1. The van der Waals surface area contributed by atoms with Crippen molar-refractivity contribution in [3.8, 4) is 5.75 Å². The highest BCUT2D eigenvalue weighted by molar-refractivity contribution is 6.30. The van der Waals surface area contributed by atoms with Gasteiger partial charge in [-0.2, -0.15) is 5.10 Å². The van der Waals surface area contributed by atoms with Gasteiger partial charge in [0.2, 0.25) is 0 Å². The molecule has 1 N–H and O–H groups in total. The third-order valence-electron chi connectivity index (χ3n) is 2.81. The van der Waals surface area contributed by atoms with Gasteiger partial charge in [-0.25, -0.2) is 5.43 Å². The highest BCUT2D eigenvalue weighted by atomic mass is 35.5. The van der Waals surface area contributed by atoms with E-state index in [-0.39, 0.29) is 12.6 Å². The van der Waals surface area contributed by atoms with E-state index in [1.165, 1.54) is 0 Å². The van der Waals surface area contributed by atoms with E-state index in [1.54, 1.807) is 45.0 Å². The third-order valence-corrected chi connectivity index (χ3v) is 3.06. The molecule has 0 radical (unpaired) electrons. The number of benzene rings is 1. The second-order valence-corrected chi connectivity index (χ2v) is 4.94. The van der Waals surface area contributed by atoms with Crippen molar-refractivity contribution in [2.75, 3.05) is 13.2 Å². The molecule has 0 saturated carbocycles. The number of hydrogen-bond donors (Lipinski definition) is 1. The summed E-state index contributed by atoms with van der Waals surface area (Å²) in [4.78, 5) is 23.1. The second kappa shape index (κ2) is 9.04. The summed E-state index contributed by atoms with van der Waals surface area (Å²) in [6.45, 7) is 5.14. The van der Waals surface area contributed by atoms with Crippen molar-refractivity contribution in [3.63, 3.8) is 0 Å². The van der Waals surface area contributed by atoms with E-state index in [0.29, 0.717) is 23.1 Å². The highest BCUT2D eigenvalue weighted by Crippen LogP contribution is 2.15. The van der Waals surface area contributed by atoms with Gasteiger partial charge in [-0.3, -0.25) is 9.59 Å². The van der Waals surface area contributed by atoms with Crippen LogP contribution < -0.4 is 10.2 Å². The number of carbonyl (C=O) groups is 2. The molecule has 0 bridgehead atoms. The van der Waals surface area contributed by atoms with Crippen LogP contribution in [0.25, 0.3) is 0 Å². The molecule has 0 unspecified atom stereocenters. The van der Waals surface area contributed by atoms with Crippen LogP contribution in [0.3, 0.4) is 0 Å². The molecule has 1 aromatic carbocycles. The van der Waals surface area contributed by atoms with Crippen LogP contribution in [-0.2, 0) is 14.3 Å². The molecule has 0 aliphatic rings. The zero-order valence-electron chi connectivity index (χ0n) is 12.8. The molecule has 0 saturated heterocycles. The third kappa shape index (κ3) is 6.13. The van der Waals surface area contributed by atoms with Crippen molar-refractivity contribution >= 4 is 29.2 Å². The van der Waals surface area contributed by atoms with Gasteiger partial charge in [0.05, 0.1) is 12.5 Å². The summed E-state index contributed by atoms with van der Waals surface area (Å²) >= 11 is 5.75. The Kier molecular flexibility index (Phi) is 7.39. The van der Waals surface area contributed by atoms with Crippen molar-refractivity contribution in [3.05, 3.63) is 29.3 Å². The van der Waals surface area contributed by atoms with Crippen molar-refractivity contribution in [2.45, 2.75) is 20.8 Å². The fourth-order valence-electron chi connectivity index (χ4n) is 1.40. The van der Waals surface area contributed by atoms with Crippen LogP contribution in [0.5, 0.6) is 5.75 Å². The fourth-order valence-corrected chi connectivity index (χ4v) is 1.52. The van der Waals surface area contributed by atoms with Crippen molar-refractivity contribution in [1.82, 2.24) is 5.43 Å². The Morgan fingerprint density at radius 3 is 2.55 bits per heavy atom. The number of hydrazone groups is 1. The standard InChI is InChI=1S/C15H19ClN2O4/c1-4-21-15(20)10(2)11(3)17-18-14(19)9-22-13-7-5-12(16)6-8-13/h5-8,10H,4,9H2,1-3H3,(H,18,19)/b17-11-/t10-/m0/s1. The first-order valence-electron chi connectivity index (χ1n) is 6.82. The van der Waals surface area contributed by atoms with Crippen molar-refractivity contribution in [2.24, 2.45) is 11.0 Å². The lowest BCUT2D eigenvalue weighted by Crippen LogP contribution is -2.28. The number of esters is 1. The molecule has 0 aliphatic heterocycles. The molecule has 22 heavy (non-hydrogen) atoms. The monoisotopic (exact) mass is 326 g/mol. The lowest BCUT2D eigenvalue weighted by Gasteiger charge is -2.10. The molecule has 0 heterocycles. The van der Waals surface area contributed by atoms with Crippen molar-refractivity contribution in [1.29, 1.82) is 0 Å². The molecule has 0 aromatic heterocycles. The van der Waals surface area contributed by atoms with Crippen LogP contribution in [0.15, 0.2) is 29.4 Å². The zero-order chi connectivity index (χ0) is 16.5. The van der Waals surface area contributed by atoms with Crippen LogP contribution in [-0.4, -0.2) is 30.8 Å². The van der Waals surface area contributed by atoms with Gasteiger partial charge >= 0.3 is 5.97 Å². The van der Waals surface area contributed by atoms with E-state index in [4.69, 9.17) is 21.1 Å². The Morgan fingerprint density at radius 2 is 1.95 bits per heavy atom. The predicted octanol–water partition coefficient (Wildman–Crippen LogP) is 2.41. The zero-order valence-corrected chi connectivity index (χ0v) is 13.5. The molecule has 0 aliphatic carbocycles. The number of rotatable bonds is 7. The summed E-state index contributed by atoms with van der Waals surface area (Å²) in [6.07, 6.45) is 0. The summed E-state index contributed by atoms with van der Waals surface area (Å²) in [6, 6.07) is 6.65. The van der Waals surface area contributed by atoms with Gasteiger partial charge in [-0.1, -0.05) is 11.6 Å². The molecular weight excluding hydrogens is 308 g/mol. The number of nitrogens with zero attached hydrogens (tertiary/aromatic N) is 1. The number of carbonyl (C=O) groups excluding carboxylic acids is 2. The summed E-state index contributed by atoms with van der Waals surface area (Å²) < 4.78 is 10.1. The number of hydrogen-bond acceptors (Lipinski definition) is 5. The predicted molar refractivity (Wildman–Crippen MR) is 84.0 cm³/mol. The minimum atomic E-state index is -0.516. The van der Waals surface area contributed by atoms with Gasteiger partial charge in [0.1, 0.15) is 5.75 Å². The van der Waals surface area contributed by atoms with Gasteiger partial charge in [-0.15, -0.1) is 0 Å². The van der Waals surface area contributed by atoms with Gasteiger partial charge < -0.3 is 9.47 Å². The van der Waals surface area contributed by atoms with Crippen LogP contribution in [0.4, 0.5) is 0 Å². The van der Waals surface area contributed by atoms with Crippen LogP contribution in [0, 0.1) is 5.92 Å². The molecular formula is C15H19ClN2O4. The molecule has 0 spiro atoms. The number of ether oxygens (including phenoxy) is 2. The van der Waals surface area contributed by atoms with E-state index < -0.39 is 11.8 Å². The summed E-state index contributed by atoms with van der Waals surface area (Å²) in [7, 11) is 0. The maximum atomic E-state index is 11.6. The number of nitrogens with one attached hydrogen (secondary N) is 1. The SMILES string of the molecule is CCOC(=O)[C@@H](C)/C(C)=N\NC(=O)COc1ccc(Cl)cc1. The van der Waals surface area contributed by atoms with E-state index in [0.717, 1.165) is 0 Å². The molecule has 1 atom stereocenters. The lowest BCUT2D eigenvalue weighted by atomic mass is 10.1. The normalized spacial score (nSPS) is 12.5. The quantitative estimate of drug-likeness (QED) is 0.474. The average Bonchev–Trinajstić information content (AvgIpc) is 2.51. The molecule has 0 fully saturated rings. The molecule has 6 nitrogen and oxygen atoms in total. The maximum absolute atomic E-state index is 11.6. The second-order valence-electron chi connectivity index (χ2n) is 4.50. The van der Waals surface area contributed by atoms with E-state index in [9.17, 15) is 9.59 Å². The number of halogens is 1. The minimum Gasteiger partial charge on any atom is -0.484 e. The molecule has 7 heteroatoms. The maximum Gasteiger partial charge on any atom is 0.314 e.